The zero-order valence-electron chi connectivity index (χ0n) is 28.1. The van der Waals surface area contributed by atoms with Gasteiger partial charge in [-0.2, -0.15) is 0 Å². The molecule has 248 valence electrons. The van der Waals surface area contributed by atoms with E-state index in [0.29, 0.717) is 0 Å². The Morgan fingerprint density at radius 1 is 0.608 bits per heavy atom. The van der Waals surface area contributed by atoms with Crippen LogP contribution in [0.3, 0.4) is 0 Å². The molecule has 0 saturated heterocycles. The van der Waals surface area contributed by atoms with Crippen molar-refractivity contribution in [2.45, 2.75) is 12.3 Å². The van der Waals surface area contributed by atoms with E-state index in [-0.39, 0.29) is 5.92 Å². The predicted molar refractivity (Wildman–Crippen MR) is 209 cm³/mol. The zero-order valence-corrected chi connectivity index (χ0v) is 28.1. The normalized spacial score (nSPS) is 16.9. The summed E-state index contributed by atoms with van der Waals surface area (Å²) < 4.78 is 13.9. The Hall–Kier alpha value is -6.46. The van der Waals surface area contributed by atoms with E-state index >= 15 is 0 Å². The van der Waals surface area contributed by atoms with Gasteiger partial charge in [0, 0.05) is 70.5 Å². The fourth-order valence-electron chi connectivity index (χ4n) is 7.20. The number of allylic oxidation sites excluding steroid dienone is 7. The van der Waals surface area contributed by atoms with Crippen LogP contribution >= 0.6 is 0 Å². The first-order valence-electron chi connectivity index (χ1n) is 17.5. The third-order valence-corrected chi connectivity index (χ3v) is 9.76. The Balaban J connectivity index is 1.16. The summed E-state index contributed by atoms with van der Waals surface area (Å²) in [7, 11) is 0. The van der Waals surface area contributed by atoms with Crippen LogP contribution < -0.4 is 25.4 Å². The molecule has 5 aromatic carbocycles. The van der Waals surface area contributed by atoms with Crippen molar-refractivity contribution in [2.24, 2.45) is 0 Å². The van der Waals surface area contributed by atoms with E-state index in [1.54, 1.807) is 0 Å². The van der Waals surface area contributed by atoms with E-state index in [0.717, 1.165) is 87.3 Å². The summed E-state index contributed by atoms with van der Waals surface area (Å²) in [5.74, 6) is 3.32. The van der Waals surface area contributed by atoms with Gasteiger partial charge in [-0.05, 0) is 77.4 Å². The lowest BCUT2D eigenvalue weighted by atomic mass is 9.86. The van der Waals surface area contributed by atoms with Gasteiger partial charge in [-0.1, -0.05) is 103 Å². The number of nitrogens with one attached hydrogen (secondary N) is 3. The smallest absolute Gasteiger partial charge is 0.137 e. The van der Waals surface area contributed by atoms with Crippen LogP contribution in [0.1, 0.15) is 23.5 Å². The second kappa shape index (κ2) is 13.4. The summed E-state index contributed by atoms with van der Waals surface area (Å²) in [5.41, 5.74) is 11.8. The monoisotopic (exact) mass is 663 g/mol. The molecule has 0 spiro atoms. The maximum absolute atomic E-state index is 6.96. The molecule has 1 unspecified atom stereocenters. The van der Waals surface area contributed by atoms with Gasteiger partial charge >= 0.3 is 0 Å². The predicted octanol–water partition coefficient (Wildman–Crippen LogP) is 11.2. The first-order chi connectivity index (χ1) is 25.3. The molecule has 3 aliphatic heterocycles. The summed E-state index contributed by atoms with van der Waals surface area (Å²) in [6, 6.07) is 37.8. The van der Waals surface area contributed by atoms with Crippen molar-refractivity contribution in [3.8, 4) is 45.3 Å². The van der Waals surface area contributed by atoms with E-state index in [1.165, 1.54) is 16.7 Å². The van der Waals surface area contributed by atoms with Gasteiger partial charge in [-0.15, -0.1) is 0 Å². The first-order valence-corrected chi connectivity index (χ1v) is 17.5. The molecule has 1 atom stereocenters. The van der Waals surface area contributed by atoms with E-state index < -0.39 is 0 Å². The Labute approximate surface area is 298 Å². The van der Waals surface area contributed by atoms with Gasteiger partial charge in [0.15, 0.2) is 0 Å². The van der Waals surface area contributed by atoms with Crippen molar-refractivity contribution in [1.29, 1.82) is 0 Å². The van der Waals surface area contributed by atoms with Crippen LogP contribution in [0.5, 0.6) is 23.0 Å². The highest BCUT2D eigenvalue weighted by atomic mass is 16.5. The molecule has 3 N–H and O–H groups in total. The van der Waals surface area contributed by atoms with Gasteiger partial charge in [0.1, 0.15) is 23.0 Å². The second-order valence-corrected chi connectivity index (χ2v) is 13.0. The highest BCUT2D eigenvalue weighted by molar-refractivity contribution is 5.86. The molecule has 4 aliphatic rings. The molecule has 0 amide bonds. The van der Waals surface area contributed by atoms with Gasteiger partial charge in [0.05, 0.1) is 0 Å². The highest BCUT2D eigenvalue weighted by Crippen LogP contribution is 2.48. The van der Waals surface area contributed by atoms with Crippen molar-refractivity contribution < 1.29 is 9.47 Å². The van der Waals surface area contributed by atoms with Crippen molar-refractivity contribution in [3.05, 3.63) is 186 Å². The van der Waals surface area contributed by atoms with Gasteiger partial charge in [-0.25, -0.2) is 0 Å². The minimum atomic E-state index is 0.226. The highest BCUT2D eigenvalue weighted by Gasteiger charge is 2.23. The van der Waals surface area contributed by atoms with Crippen LogP contribution in [0.15, 0.2) is 175 Å². The lowest BCUT2D eigenvalue weighted by Gasteiger charge is -2.24. The fraction of sp³-hybridized carbons (Fsp3) is 0.0870. The summed E-state index contributed by atoms with van der Waals surface area (Å²) in [4.78, 5) is 0. The average Bonchev–Trinajstić information content (AvgIpc) is 3.19. The maximum atomic E-state index is 6.96. The number of para-hydroxylation sites is 3. The molecule has 0 fully saturated rings. The molecule has 1 aliphatic carbocycles. The summed E-state index contributed by atoms with van der Waals surface area (Å²) in [6.07, 6.45) is 20.5. The second-order valence-electron chi connectivity index (χ2n) is 13.0. The Kier molecular flexibility index (Phi) is 8.07. The topological polar surface area (TPSA) is 54.5 Å². The molecule has 0 aromatic heterocycles. The van der Waals surface area contributed by atoms with Gasteiger partial charge < -0.3 is 25.4 Å². The number of ether oxygens (including phenoxy) is 2. The van der Waals surface area contributed by atoms with Crippen molar-refractivity contribution in [3.63, 3.8) is 0 Å². The summed E-state index contributed by atoms with van der Waals surface area (Å²) in [5, 5.41) is 10.4. The standard InChI is InChI=1S/C46H37N3O2/c1-4-17-42(37(14-1)35-13-9-25-48-30-35)49-36-21-23-41-40-22-20-33(31-10-7-11-32(26-31)34-12-8-24-47-29-34)27-45(40)50-43-18-5-2-15-38(43)39-16-3-6-19-44(39)51-46(41)28-36/h1-9,11-24,26-28,30-31,47-49H,10,25,29H2. The van der Waals surface area contributed by atoms with E-state index in [2.05, 4.69) is 137 Å². The number of benzene rings is 5. The SMILES string of the molecule is C1=CNCC(C2=CC(c3ccc4c(c3)Oc3ccccc3-c3ccccc3Oc3cc(Nc5ccccc5C5=CNCC=C5)ccc3-4)CC=C2)=C1. The van der Waals surface area contributed by atoms with Crippen LogP contribution in [0.4, 0.5) is 11.4 Å². The number of anilines is 2. The van der Waals surface area contributed by atoms with Crippen molar-refractivity contribution >= 4 is 16.9 Å². The molecule has 9 rings (SSSR count). The van der Waals surface area contributed by atoms with Crippen molar-refractivity contribution in [2.75, 3.05) is 18.4 Å². The van der Waals surface area contributed by atoms with Crippen LogP contribution in [0.25, 0.3) is 27.8 Å². The Morgan fingerprint density at radius 3 is 2.04 bits per heavy atom. The molecule has 0 radical (unpaired) electrons. The van der Waals surface area contributed by atoms with Crippen LogP contribution in [-0.2, 0) is 0 Å². The summed E-state index contributed by atoms with van der Waals surface area (Å²) >= 11 is 0. The Morgan fingerprint density at radius 2 is 1.29 bits per heavy atom. The number of hydrogen-bond acceptors (Lipinski definition) is 5. The third-order valence-electron chi connectivity index (χ3n) is 9.76. The molecule has 5 heteroatoms. The lowest BCUT2D eigenvalue weighted by Crippen LogP contribution is -2.14. The molecular weight excluding hydrogens is 627 g/mol. The number of rotatable bonds is 5. The minimum Gasteiger partial charge on any atom is -0.456 e. The van der Waals surface area contributed by atoms with Crippen LogP contribution in [0, 0.1) is 0 Å². The number of hydrogen-bond donors (Lipinski definition) is 3. The zero-order chi connectivity index (χ0) is 34.0. The summed E-state index contributed by atoms with van der Waals surface area (Å²) in [6.45, 7) is 1.67. The Bertz CT molecular complexity index is 2340. The molecular formula is C46H37N3O2. The molecule has 0 saturated carbocycles. The lowest BCUT2D eigenvalue weighted by molar-refractivity contribution is 0.472. The maximum Gasteiger partial charge on any atom is 0.137 e. The van der Waals surface area contributed by atoms with E-state index in [1.807, 2.05) is 42.6 Å². The van der Waals surface area contributed by atoms with Crippen molar-refractivity contribution in [1.82, 2.24) is 10.6 Å². The number of dihydropyridines is 2. The molecule has 3 heterocycles. The van der Waals surface area contributed by atoms with Crippen LogP contribution in [0.2, 0.25) is 0 Å². The average molecular weight is 664 g/mol. The van der Waals surface area contributed by atoms with E-state index in [4.69, 9.17) is 9.47 Å². The molecule has 5 nitrogen and oxygen atoms in total. The quantitative estimate of drug-likeness (QED) is 0.171. The molecule has 5 aromatic rings. The van der Waals surface area contributed by atoms with Gasteiger partial charge in [0.2, 0.25) is 0 Å². The first kappa shape index (κ1) is 30.6. The fourth-order valence-corrected chi connectivity index (χ4v) is 7.20. The third kappa shape index (κ3) is 6.15. The minimum absolute atomic E-state index is 0.226. The molecule has 51 heavy (non-hydrogen) atoms. The largest absolute Gasteiger partial charge is 0.456 e. The van der Waals surface area contributed by atoms with E-state index in [9.17, 15) is 0 Å². The number of fused-ring (bicyclic) bond motifs is 6. The molecule has 0 bridgehead atoms. The van der Waals surface area contributed by atoms with Gasteiger partial charge in [-0.3, -0.25) is 0 Å². The van der Waals surface area contributed by atoms with Crippen LogP contribution in [-0.4, -0.2) is 13.1 Å². The van der Waals surface area contributed by atoms with Gasteiger partial charge in [0.25, 0.3) is 0 Å².